The molecule has 0 unspecified atom stereocenters. The standard InChI is InChI=1S/C50H44N2.Ir/c1-36-32-38(14-13-37-15-17-41(18-16-37)48-12-6-9-30-51-48)34-44(33-36)47-11-5-4-10-46(47)40-19-21-42(22-20-40)49-35-43(27-31-52-49)39-23-25-45(26-24-39)50(2)28-7-3-8-29-50;/h4-6,9-12,15-17,19-21,23-27,30-35H,3,7-8,13-14,28-29H2,1-2H3;/q-2;. The summed E-state index contributed by atoms with van der Waals surface area (Å²) in [5, 5.41) is 0. The summed E-state index contributed by atoms with van der Waals surface area (Å²) in [6.45, 7) is 4.63. The summed E-state index contributed by atoms with van der Waals surface area (Å²) in [4.78, 5) is 9.21. The molecule has 0 spiro atoms. The van der Waals surface area contributed by atoms with Crippen molar-refractivity contribution in [2.24, 2.45) is 0 Å². The van der Waals surface area contributed by atoms with Crippen molar-refractivity contribution in [3.8, 4) is 55.9 Å². The molecule has 1 saturated carbocycles. The van der Waals surface area contributed by atoms with Crippen molar-refractivity contribution in [2.75, 3.05) is 0 Å². The van der Waals surface area contributed by atoms with Gasteiger partial charge in [0.05, 0.1) is 0 Å². The topological polar surface area (TPSA) is 25.8 Å². The Hall–Kier alpha value is -4.95. The molecule has 3 heteroatoms. The molecule has 2 aromatic heterocycles. The summed E-state index contributed by atoms with van der Waals surface area (Å²) in [6, 6.07) is 55.1. The number of aromatic nitrogens is 2. The molecular formula is C50H44IrN2-2. The predicted octanol–water partition coefficient (Wildman–Crippen LogP) is 12.7. The molecule has 5 aromatic carbocycles. The van der Waals surface area contributed by atoms with Crippen LogP contribution in [0.25, 0.3) is 55.9 Å². The summed E-state index contributed by atoms with van der Waals surface area (Å²) in [5.74, 6) is 0. The number of benzene rings is 5. The number of rotatable bonds is 9. The minimum absolute atomic E-state index is 0. The van der Waals surface area contributed by atoms with Gasteiger partial charge < -0.3 is 9.97 Å². The number of hydrogen-bond acceptors (Lipinski definition) is 2. The van der Waals surface area contributed by atoms with E-state index in [1.807, 2.05) is 30.6 Å². The zero-order valence-corrected chi connectivity index (χ0v) is 32.9. The third-order valence-corrected chi connectivity index (χ3v) is 10.9. The van der Waals surface area contributed by atoms with Crippen LogP contribution < -0.4 is 0 Å². The molecule has 0 atom stereocenters. The van der Waals surface area contributed by atoms with Crippen LogP contribution in [-0.2, 0) is 38.4 Å². The van der Waals surface area contributed by atoms with Crippen LogP contribution in [0, 0.1) is 19.1 Å². The van der Waals surface area contributed by atoms with Gasteiger partial charge in [0.25, 0.3) is 0 Å². The van der Waals surface area contributed by atoms with Crippen LogP contribution in [0.2, 0.25) is 0 Å². The van der Waals surface area contributed by atoms with Crippen LogP contribution in [0.4, 0.5) is 0 Å². The molecule has 265 valence electrons. The van der Waals surface area contributed by atoms with E-state index in [9.17, 15) is 0 Å². The second-order valence-electron chi connectivity index (χ2n) is 14.7. The molecule has 0 N–H and O–H groups in total. The molecule has 53 heavy (non-hydrogen) atoms. The predicted molar refractivity (Wildman–Crippen MR) is 216 cm³/mol. The molecule has 2 heterocycles. The molecule has 1 aliphatic rings. The first-order valence-corrected chi connectivity index (χ1v) is 18.7. The van der Waals surface area contributed by atoms with Crippen LogP contribution in [0.15, 0.2) is 146 Å². The Kier molecular flexibility index (Phi) is 11.3. The molecule has 8 rings (SSSR count). The number of aryl methyl sites for hydroxylation is 3. The smallest absolute Gasteiger partial charge is 0.0166 e. The summed E-state index contributed by atoms with van der Waals surface area (Å²) in [5.41, 5.74) is 16.8. The van der Waals surface area contributed by atoms with E-state index in [0.29, 0.717) is 5.41 Å². The van der Waals surface area contributed by atoms with Gasteiger partial charge in [-0.15, -0.1) is 65.2 Å². The van der Waals surface area contributed by atoms with E-state index in [0.717, 1.165) is 40.9 Å². The van der Waals surface area contributed by atoms with Crippen molar-refractivity contribution in [1.82, 2.24) is 9.97 Å². The number of nitrogens with zero attached hydrogens (tertiary/aromatic N) is 2. The average molecular weight is 865 g/mol. The summed E-state index contributed by atoms with van der Waals surface area (Å²) < 4.78 is 0. The van der Waals surface area contributed by atoms with E-state index in [4.69, 9.17) is 4.98 Å². The van der Waals surface area contributed by atoms with E-state index in [1.54, 1.807) is 0 Å². The van der Waals surface area contributed by atoms with Crippen molar-refractivity contribution < 1.29 is 20.1 Å². The Morgan fingerprint density at radius 1 is 0.547 bits per heavy atom. The molecule has 1 fully saturated rings. The minimum Gasteiger partial charge on any atom is -0.305 e. The van der Waals surface area contributed by atoms with Gasteiger partial charge in [-0.3, -0.25) is 0 Å². The minimum atomic E-state index is 0. The van der Waals surface area contributed by atoms with Crippen LogP contribution in [0.1, 0.15) is 61.3 Å². The van der Waals surface area contributed by atoms with E-state index >= 15 is 0 Å². The van der Waals surface area contributed by atoms with Gasteiger partial charge in [-0.1, -0.05) is 134 Å². The van der Waals surface area contributed by atoms with Gasteiger partial charge in [0.15, 0.2) is 0 Å². The van der Waals surface area contributed by atoms with Gasteiger partial charge >= 0.3 is 0 Å². The van der Waals surface area contributed by atoms with Crippen LogP contribution in [-0.4, -0.2) is 9.97 Å². The van der Waals surface area contributed by atoms with E-state index in [2.05, 4.69) is 146 Å². The van der Waals surface area contributed by atoms with Crippen molar-refractivity contribution in [1.29, 1.82) is 0 Å². The van der Waals surface area contributed by atoms with Crippen molar-refractivity contribution in [3.05, 3.63) is 180 Å². The number of pyridine rings is 2. The third kappa shape index (κ3) is 8.33. The van der Waals surface area contributed by atoms with Gasteiger partial charge in [-0.05, 0) is 88.5 Å². The fraction of sp³-hybridized carbons (Fsp3) is 0.200. The van der Waals surface area contributed by atoms with Crippen LogP contribution >= 0.6 is 0 Å². The van der Waals surface area contributed by atoms with E-state index < -0.39 is 0 Å². The molecule has 0 bridgehead atoms. The van der Waals surface area contributed by atoms with E-state index in [-0.39, 0.29) is 20.1 Å². The van der Waals surface area contributed by atoms with E-state index in [1.165, 1.54) is 82.2 Å². The molecule has 2 nitrogen and oxygen atoms in total. The van der Waals surface area contributed by atoms with Crippen LogP contribution in [0.3, 0.4) is 0 Å². The van der Waals surface area contributed by atoms with Gasteiger partial charge in [-0.2, -0.15) is 0 Å². The van der Waals surface area contributed by atoms with Crippen LogP contribution in [0.5, 0.6) is 0 Å². The molecular weight excluding hydrogens is 821 g/mol. The third-order valence-electron chi connectivity index (χ3n) is 10.9. The summed E-state index contributed by atoms with van der Waals surface area (Å²) in [7, 11) is 0. The molecule has 1 radical (unpaired) electrons. The van der Waals surface area contributed by atoms with Gasteiger partial charge in [0.1, 0.15) is 0 Å². The van der Waals surface area contributed by atoms with Crippen molar-refractivity contribution in [3.63, 3.8) is 0 Å². The summed E-state index contributed by atoms with van der Waals surface area (Å²) >= 11 is 0. The van der Waals surface area contributed by atoms with Gasteiger partial charge in [0.2, 0.25) is 0 Å². The number of hydrogen-bond donors (Lipinski definition) is 0. The first-order chi connectivity index (χ1) is 25.5. The first-order valence-electron chi connectivity index (χ1n) is 18.7. The van der Waals surface area contributed by atoms with Crippen molar-refractivity contribution >= 4 is 0 Å². The largest absolute Gasteiger partial charge is 0.305 e. The molecule has 7 aromatic rings. The Morgan fingerprint density at radius 2 is 1.23 bits per heavy atom. The monoisotopic (exact) mass is 865 g/mol. The molecule has 0 saturated heterocycles. The maximum absolute atomic E-state index is 4.75. The Labute approximate surface area is 328 Å². The Balaban J connectivity index is 0.00000435. The Bertz CT molecular complexity index is 2270. The maximum Gasteiger partial charge on any atom is 0.0166 e. The zero-order chi connectivity index (χ0) is 35.3. The SMILES string of the molecule is Cc1cc(CCc2c[c-]c(-c3ccccn3)cc2)cc(-c2ccccc2-c2c[c-]c(-c3cc(-c4ccc(C5(C)CCCCC5)cc4)ccn3)cc2)c1.[Ir]. The summed E-state index contributed by atoms with van der Waals surface area (Å²) in [6.07, 6.45) is 12.3. The Morgan fingerprint density at radius 3 is 1.94 bits per heavy atom. The average Bonchev–Trinajstić information content (AvgIpc) is 3.21. The molecule has 0 amide bonds. The fourth-order valence-corrected chi connectivity index (χ4v) is 7.93. The quantitative estimate of drug-likeness (QED) is 0.135. The second-order valence-corrected chi connectivity index (χ2v) is 14.7. The second kappa shape index (κ2) is 16.4. The molecule has 1 aliphatic carbocycles. The zero-order valence-electron chi connectivity index (χ0n) is 30.5. The maximum atomic E-state index is 4.75. The van der Waals surface area contributed by atoms with Gasteiger partial charge in [0, 0.05) is 32.5 Å². The first kappa shape index (κ1) is 36.4. The van der Waals surface area contributed by atoms with Gasteiger partial charge in [-0.25, -0.2) is 0 Å². The fourth-order valence-electron chi connectivity index (χ4n) is 7.93. The van der Waals surface area contributed by atoms with Crippen molar-refractivity contribution in [2.45, 2.75) is 64.2 Å². The normalized spacial score (nSPS) is 13.6. The molecule has 0 aliphatic heterocycles.